The number of thiophene rings is 1. The van der Waals surface area contributed by atoms with Crippen molar-refractivity contribution in [2.24, 2.45) is 0 Å². The topological polar surface area (TPSA) is 29.5 Å². The molecule has 0 saturated heterocycles. The van der Waals surface area contributed by atoms with Crippen LogP contribution in [0.15, 0.2) is 34.1 Å². The second kappa shape index (κ2) is 5.82. The van der Waals surface area contributed by atoms with E-state index in [0.29, 0.717) is 12.2 Å². The number of hydrogen-bond acceptors (Lipinski definition) is 3. The SMILES string of the molecule is C[C@@H](O)c1ccc(OCc2cc(Br)cs2)c(F)c1. The van der Waals surface area contributed by atoms with Crippen LogP contribution in [0.2, 0.25) is 0 Å². The molecule has 1 atom stereocenters. The van der Waals surface area contributed by atoms with E-state index in [0.717, 1.165) is 9.35 Å². The first-order valence-corrected chi connectivity index (χ1v) is 7.07. The molecule has 0 amide bonds. The van der Waals surface area contributed by atoms with E-state index in [2.05, 4.69) is 15.9 Å². The zero-order valence-corrected chi connectivity index (χ0v) is 12.1. The van der Waals surface area contributed by atoms with Crippen LogP contribution in [-0.2, 0) is 6.61 Å². The third kappa shape index (κ3) is 3.31. The molecule has 1 N–H and O–H groups in total. The van der Waals surface area contributed by atoms with Crippen molar-refractivity contribution in [3.63, 3.8) is 0 Å². The van der Waals surface area contributed by atoms with Crippen molar-refractivity contribution in [3.05, 3.63) is 50.4 Å². The first kappa shape index (κ1) is 13.5. The maximum absolute atomic E-state index is 13.7. The minimum Gasteiger partial charge on any atom is -0.485 e. The summed E-state index contributed by atoms with van der Waals surface area (Å²) in [5.41, 5.74) is 0.540. The van der Waals surface area contributed by atoms with Gasteiger partial charge in [-0.3, -0.25) is 0 Å². The first-order valence-electron chi connectivity index (χ1n) is 5.39. The molecular weight excluding hydrogens is 319 g/mol. The van der Waals surface area contributed by atoms with Crippen LogP contribution in [-0.4, -0.2) is 5.11 Å². The van der Waals surface area contributed by atoms with Gasteiger partial charge in [0, 0.05) is 14.7 Å². The molecule has 2 nitrogen and oxygen atoms in total. The van der Waals surface area contributed by atoms with Crippen molar-refractivity contribution < 1.29 is 14.2 Å². The Balaban J connectivity index is 2.05. The van der Waals surface area contributed by atoms with Crippen LogP contribution in [0, 0.1) is 5.82 Å². The highest BCUT2D eigenvalue weighted by atomic mass is 79.9. The molecule has 1 heterocycles. The third-order valence-electron chi connectivity index (χ3n) is 2.43. The van der Waals surface area contributed by atoms with E-state index in [1.165, 1.54) is 6.07 Å². The molecule has 2 rings (SSSR count). The van der Waals surface area contributed by atoms with E-state index in [1.807, 2.05) is 11.4 Å². The first-order chi connectivity index (χ1) is 8.56. The molecule has 2 aromatic rings. The Kier molecular flexibility index (Phi) is 4.37. The summed E-state index contributed by atoms with van der Waals surface area (Å²) in [5.74, 6) is -0.257. The smallest absolute Gasteiger partial charge is 0.165 e. The second-order valence-electron chi connectivity index (χ2n) is 3.89. The number of ether oxygens (including phenoxy) is 1. The molecule has 0 unspecified atom stereocenters. The van der Waals surface area contributed by atoms with Crippen LogP contribution in [0.5, 0.6) is 5.75 Å². The molecule has 0 radical (unpaired) electrons. The van der Waals surface area contributed by atoms with E-state index in [4.69, 9.17) is 4.74 Å². The van der Waals surface area contributed by atoms with Crippen molar-refractivity contribution in [1.29, 1.82) is 0 Å². The molecule has 1 aromatic heterocycles. The summed E-state index contributed by atoms with van der Waals surface area (Å²) in [6, 6.07) is 6.44. The molecule has 0 aliphatic carbocycles. The van der Waals surface area contributed by atoms with Gasteiger partial charge < -0.3 is 9.84 Å². The minimum absolute atomic E-state index is 0.198. The van der Waals surface area contributed by atoms with Gasteiger partial charge in [0.2, 0.25) is 0 Å². The van der Waals surface area contributed by atoms with Gasteiger partial charge in [0.1, 0.15) is 6.61 Å². The van der Waals surface area contributed by atoms with Crippen LogP contribution in [0.3, 0.4) is 0 Å². The Morgan fingerprint density at radius 2 is 2.22 bits per heavy atom. The van der Waals surface area contributed by atoms with Gasteiger partial charge in [-0.2, -0.15) is 0 Å². The molecule has 0 spiro atoms. The van der Waals surface area contributed by atoms with Gasteiger partial charge in [0.25, 0.3) is 0 Å². The summed E-state index contributed by atoms with van der Waals surface area (Å²) in [6.45, 7) is 1.93. The Labute approximate surface area is 117 Å². The average Bonchev–Trinajstić information content (AvgIpc) is 2.73. The van der Waals surface area contributed by atoms with Gasteiger partial charge in [0.05, 0.1) is 6.10 Å². The normalized spacial score (nSPS) is 12.4. The lowest BCUT2D eigenvalue weighted by Crippen LogP contribution is -1.98. The molecule has 0 saturated carbocycles. The molecule has 0 bridgehead atoms. The highest BCUT2D eigenvalue weighted by molar-refractivity contribution is 9.10. The van der Waals surface area contributed by atoms with Gasteiger partial charge in [-0.15, -0.1) is 11.3 Å². The van der Waals surface area contributed by atoms with E-state index in [1.54, 1.807) is 30.4 Å². The summed E-state index contributed by atoms with van der Waals surface area (Å²) in [5, 5.41) is 11.3. The fourth-order valence-electron chi connectivity index (χ4n) is 1.47. The predicted octanol–water partition coefficient (Wildman–Crippen LogP) is 4.28. The molecule has 18 heavy (non-hydrogen) atoms. The van der Waals surface area contributed by atoms with Crippen LogP contribution in [0.1, 0.15) is 23.5 Å². The lowest BCUT2D eigenvalue weighted by molar-refractivity contribution is 0.198. The predicted molar refractivity (Wildman–Crippen MR) is 73.4 cm³/mol. The van der Waals surface area contributed by atoms with Crippen molar-refractivity contribution >= 4 is 27.3 Å². The Bertz CT molecular complexity index is 540. The number of rotatable bonds is 4. The van der Waals surface area contributed by atoms with Gasteiger partial charge in [-0.25, -0.2) is 4.39 Å². The van der Waals surface area contributed by atoms with Crippen LogP contribution < -0.4 is 4.74 Å². The number of hydrogen-bond donors (Lipinski definition) is 1. The number of halogens is 2. The molecular formula is C13H12BrFO2S. The summed E-state index contributed by atoms with van der Waals surface area (Å²) in [7, 11) is 0. The monoisotopic (exact) mass is 330 g/mol. The summed E-state index contributed by atoms with van der Waals surface area (Å²) in [6.07, 6.45) is -0.679. The van der Waals surface area contributed by atoms with Gasteiger partial charge in [0.15, 0.2) is 11.6 Å². The van der Waals surface area contributed by atoms with Gasteiger partial charge in [-0.1, -0.05) is 6.07 Å². The lowest BCUT2D eigenvalue weighted by Gasteiger charge is -2.09. The minimum atomic E-state index is -0.679. The summed E-state index contributed by atoms with van der Waals surface area (Å²) < 4.78 is 20.1. The highest BCUT2D eigenvalue weighted by Gasteiger charge is 2.08. The van der Waals surface area contributed by atoms with Crippen LogP contribution >= 0.6 is 27.3 Å². The number of benzene rings is 1. The van der Waals surface area contributed by atoms with E-state index >= 15 is 0 Å². The summed E-state index contributed by atoms with van der Waals surface area (Å²) in [4.78, 5) is 1.01. The van der Waals surface area contributed by atoms with E-state index in [9.17, 15) is 9.50 Å². The molecule has 0 fully saturated rings. The molecule has 0 aliphatic heterocycles. The van der Waals surface area contributed by atoms with Crippen LogP contribution in [0.4, 0.5) is 4.39 Å². The second-order valence-corrected chi connectivity index (χ2v) is 5.80. The number of aliphatic hydroxyl groups excluding tert-OH is 1. The fourth-order valence-corrected chi connectivity index (χ4v) is 2.83. The zero-order chi connectivity index (χ0) is 13.1. The van der Waals surface area contributed by atoms with E-state index in [-0.39, 0.29) is 5.75 Å². The molecule has 96 valence electrons. The van der Waals surface area contributed by atoms with Crippen molar-refractivity contribution in [2.45, 2.75) is 19.6 Å². The van der Waals surface area contributed by atoms with Crippen molar-refractivity contribution in [1.82, 2.24) is 0 Å². The zero-order valence-electron chi connectivity index (χ0n) is 9.69. The Morgan fingerprint density at radius 1 is 1.44 bits per heavy atom. The van der Waals surface area contributed by atoms with Gasteiger partial charge in [-0.05, 0) is 46.6 Å². The highest BCUT2D eigenvalue weighted by Crippen LogP contribution is 2.25. The maximum Gasteiger partial charge on any atom is 0.165 e. The number of aliphatic hydroxyl groups is 1. The van der Waals surface area contributed by atoms with Gasteiger partial charge >= 0.3 is 0 Å². The third-order valence-corrected chi connectivity index (χ3v) is 4.10. The summed E-state index contributed by atoms with van der Waals surface area (Å²) >= 11 is 4.90. The standard InChI is InChI=1S/C13H12BrFO2S/c1-8(16)9-2-3-13(12(15)4-9)17-6-11-5-10(14)7-18-11/h2-5,7-8,16H,6H2,1H3/t8-/m1/s1. The Hall–Kier alpha value is -0.910. The molecule has 1 aromatic carbocycles. The molecule has 0 aliphatic rings. The van der Waals surface area contributed by atoms with Crippen molar-refractivity contribution in [3.8, 4) is 5.75 Å². The largest absolute Gasteiger partial charge is 0.485 e. The fraction of sp³-hybridized carbons (Fsp3) is 0.231. The van der Waals surface area contributed by atoms with Crippen molar-refractivity contribution in [2.75, 3.05) is 0 Å². The van der Waals surface area contributed by atoms with E-state index < -0.39 is 11.9 Å². The average molecular weight is 331 g/mol. The Morgan fingerprint density at radius 3 is 2.78 bits per heavy atom. The van der Waals surface area contributed by atoms with Crippen LogP contribution in [0.25, 0.3) is 0 Å². The molecule has 5 heteroatoms. The maximum atomic E-state index is 13.7. The lowest BCUT2D eigenvalue weighted by atomic mass is 10.1. The quantitative estimate of drug-likeness (QED) is 0.906.